The zero-order valence-electron chi connectivity index (χ0n) is 7.58. The van der Waals surface area contributed by atoms with Crippen molar-refractivity contribution in [2.45, 2.75) is 12.8 Å². The van der Waals surface area contributed by atoms with E-state index in [-0.39, 0.29) is 0 Å². The lowest BCUT2D eigenvalue weighted by Crippen LogP contribution is -2.09. The second-order valence-electron chi connectivity index (χ2n) is 2.88. The maximum absolute atomic E-state index is 5.57. The topological polar surface area (TPSA) is 35.2 Å². The van der Waals surface area contributed by atoms with Crippen molar-refractivity contribution in [2.24, 2.45) is 5.73 Å². The van der Waals surface area contributed by atoms with E-state index in [2.05, 4.69) is 13.0 Å². The molecule has 0 aromatic heterocycles. The molecule has 0 saturated heterocycles. The normalized spacial score (nSPS) is 12.6. The van der Waals surface area contributed by atoms with Crippen LogP contribution < -0.4 is 10.5 Å². The largest absolute Gasteiger partial charge is 0.496 e. The molecule has 1 aromatic carbocycles. The third kappa shape index (κ3) is 1.77. The van der Waals surface area contributed by atoms with Gasteiger partial charge < -0.3 is 10.5 Å². The summed E-state index contributed by atoms with van der Waals surface area (Å²) in [4.78, 5) is 0. The van der Waals surface area contributed by atoms with Gasteiger partial charge in [-0.2, -0.15) is 0 Å². The number of rotatable bonds is 3. The van der Waals surface area contributed by atoms with Crippen LogP contribution in [0.3, 0.4) is 0 Å². The van der Waals surface area contributed by atoms with E-state index in [4.69, 9.17) is 10.5 Å². The summed E-state index contributed by atoms with van der Waals surface area (Å²) >= 11 is 0. The number of para-hydroxylation sites is 1. The molecule has 0 amide bonds. The molecule has 0 aliphatic heterocycles. The Balaban J connectivity index is 2.96. The van der Waals surface area contributed by atoms with Gasteiger partial charge in [-0.25, -0.2) is 0 Å². The van der Waals surface area contributed by atoms with E-state index < -0.39 is 0 Å². The second kappa shape index (κ2) is 4.12. The summed E-state index contributed by atoms with van der Waals surface area (Å²) in [7, 11) is 1.68. The van der Waals surface area contributed by atoms with Gasteiger partial charge >= 0.3 is 0 Å². The van der Waals surface area contributed by atoms with Gasteiger partial charge in [0.25, 0.3) is 0 Å². The van der Waals surface area contributed by atoms with Crippen molar-refractivity contribution >= 4 is 0 Å². The lowest BCUT2D eigenvalue weighted by Gasteiger charge is -2.12. The van der Waals surface area contributed by atoms with Crippen molar-refractivity contribution in [2.75, 3.05) is 13.7 Å². The van der Waals surface area contributed by atoms with Gasteiger partial charge in [-0.15, -0.1) is 0 Å². The minimum absolute atomic E-state index is 0.362. The number of benzene rings is 1. The van der Waals surface area contributed by atoms with E-state index in [1.54, 1.807) is 7.11 Å². The number of ether oxygens (including phenoxy) is 1. The van der Waals surface area contributed by atoms with Crippen molar-refractivity contribution in [3.63, 3.8) is 0 Å². The molecule has 0 radical (unpaired) electrons. The van der Waals surface area contributed by atoms with Crippen LogP contribution in [0.5, 0.6) is 5.75 Å². The third-order valence-electron chi connectivity index (χ3n) is 2.02. The van der Waals surface area contributed by atoms with E-state index in [1.807, 2.05) is 18.2 Å². The predicted octanol–water partition coefficient (Wildman–Crippen LogP) is 1.76. The Morgan fingerprint density at radius 3 is 2.67 bits per heavy atom. The summed E-state index contributed by atoms with van der Waals surface area (Å²) in [6.45, 7) is 2.75. The quantitative estimate of drug-likeness (QED) is 0.740. The molecule has 1 rings (SSSR count). The molecular weight excluding hydrogens is 150 g/mol. The van der Waals surface area contributed by atoms with Crippen LogP contribution in [0.15, 0.2) is 24.3 Å². The van der Waals surface area contributed by atoms with Crippen LogP contribution in [-0.4, -0.2) is 13.7 Å². The van der Waals surface area contributed by atoms with Crippen LogP contribution in [0, 0.1) is 0 Å². The van der Waals surface area contributed by atoms with Crippen molar-refractivity contribution < 1.29 is 4.74 Å². The SMILES string of the molecule is COc1ccccc1C(C)CN. The molecule has 2 N–H and O–H groups in total. The van der Waals surface area contributed by atoms with Crippen LogP contribution in [0.1, 0.15) is 18.4 Å². The molecule has 2 nitrogen and oxygen atoms in total. The molecular formula is C10H15NO. The van der Waals surface area contributed by atoms with Gasteiger partial charge in [0.2, 0.25) is 0 Å². The van der Waals surface area contributed by atoms with Gasteiger partial charge in [0.1, 0.15) is 5.75 Å². The number of hydrogen-bond donors (Lipinski definition) is 1. The van der Waals surface area contributed by atoms with E-state index in [9.17, 15) is 0 Å². The first-order valence-corrected chi connectivity index (χ1v) is 4.12. The highest BCUT2D eigenvalue weighted by molar-refractivity contribution is 5.35. The Bertz CT molecular complexity index is 247. The molecule has 2 heteroatoms. The minimum Gasteiger partial charge on any atom is -0.496 e. The summed E-state index contributed by atoms with van der Waals surface area (Å²) < 4.78 is 5.21. The van der Waals surface area contributed by atoms with E-state index in [0.717, 1.165) is 5.75 Å². The van der Waals surface area contributed by atoms with Crippen molar-refractivity contribution in [3.05, 3.63) is 29.8 Å². The molecule has 0 heterocycles. The zero-order valence-corrected chi connectivity index (χ0v) is 7.58. The molecule has 66 valence electrons. The highest BCUT2D eigenvalue weighted by Crippen LogP contribution is 2.24. The molecule has 1 aromatic rings. The smallest absolute Gasteiger partial charge is 0.122 e. The molecule has 12 heavy (non-hydrogen) atoms. The summed E-state index contributed by atoms with van der Waals surface area (Å²) in [5, 5.41) is 0. The van der Waals surface area contributed by atoms with Crippen molar-refractivity contribution in [1.82, 2.24) is 0 Å². The second-order valence-corrected chi connectivity index (χ2v) is 2.88. The Labute approximate surface area is 73.3 Å². The third-order valence-corrected chi connectivity index (χ3v) is 2.02. The Hall–Kier alpha value is -1.02. The fraction of sp³-hybridized carbons (Fsp3) is 0.400. The highest BCUT2D eigenvalue weighted by Gasteiger charge is 2.07. The monoisotopic (exact) mass is 165 g/mol. The van der Waals surface area contributed by atoms with Crippen molar-refractivity contribution in [1.29, 1.82) is 0 Å². The molecule has 1 atom stereocenters. The zero-order chi connectivity index (χ0) is 8.97. The van der Waals surface area contributed by atoms with Gasteiger partial charge in [-0.3, -0.25) is 0 Å². The molecule has 0 aliphatic carbocycles. The summed E-state index contributed by atoms with van der Waals surface area (Å²) in [6.07, 6.45) is 0. The maximum atomic E-state index is 5.57. The lowest BCUT2D eigenvalue weighted by molar-refractivity contribution is 0.407. The number of methoxy groups -OCH3 is 1. The van der Waals surface area contributed by atoms with E-state index >= 15 is 0 Å². The van der Waals surface area contributed by atoms with Gasteiger partial charge in [0.15, 0.2) is 0 Å². The molecule has 0 aliphatic rings. The lowest BCUT2D eigenvalue weighted by atomic mass is 10.0. The average Bonchev–Trinajstić information content (AvgIpc) is 2.16. The number of hydrogen-bond acceptors (Lipinski definition) is 2. The Morgan fingerprint density at radius 2 is 2.08 bits per heavy atom. The fourth-order valence-corrected chi connectivity index (χ4v) is 1.20. The average molecular weight is 165 g/mol. The van der Waals surface area contributed by atoms with Gasteiger partial charge in [-0.1, -0.05) is 25.1 Å². The standard InChI is InChI=1S/C10H15NO/c1-8(7-11)9-5-3-4-6-10(9)12-2/h3-6,8H,7,11H2,1-2H3. The molecule has 0 fully saturated rings. The Morgan fingerprint density at radius 1 is 1.42 bits per heavy atom. The minimum atomic E-state index is 0.362. The predicted molar refractivity (Wildman–Crippen MR) is 50.5 cm³/mol. The summed E-state index contributed by atoms with van der Waals surface area (Å²) in [6, 6.07) is 7.98. The van der Waals surface area contributed by atoms with Gasteiger partial charge in [0, 0.05) is 0 Å². The van der Waals surface area contributed by atoms with Gasteiger partial charge in [-0.05, 0) is 24.1 Å². The van der Waals surface area contributed by atoms with Crippen LogP contribution in [0.4, 0.5) is 0 Å². The highest BCUT2D eigenvalue weighted by atomic mass is 16.5. The van der Waals surface area contributed by atoms with Crippen LogP contribution >= 0.6 is 0 Å². The fourth-order valence-electron chi connectivity index (χ4n) is 1.20. The van der Waals surface area contributed by atoms with E-state index in [1.165, 1.54) is 5.56 Å². The maximum Gasteiger partial charge on any atom is 0.122 e. The summed E-state index contributed by atoms with van der Waals surface area (Å²) in [5.74, 6) is 1.29. The van der Waals surface area contributed by atoms with Crippen LogP contribution in [-0.2, 0) is 0 Å². The summed E-state index contributed by atoms with van der Waals surface area (Å²) in [5.41, 5.74) is 6.75. The molecule has 1 unspecified atom stereocenters. The molecule has 0 bridgehead atoms. The van der Waals surface area contributed by atoms with Crippen molar-refractivity contribution in [3.8, 4) is 5.75 Å². The van der Waals surface area contributed by atoms with Gasteiger partial charge in [0.05, 0.1) is 7.11 Å². The first kappa shape index (κ1) is 9.07. The number of nitrogens with two attached hydrogens (primary N) is 1. The first-order chi connectivity index (χ1) is 5.79. The molecule has 0 spiro atoms. The molecule has 0 saturated carbocycles. The van der Waals surface area contributed by atoms with E-state index in [0.29, 0.717) is 12.5 Å². The van der Waals surface area contributed by atoms with Crippen LogP contribution in [0.2, 0.25) is 0 Å². The van der Waals surface area contributed by atoms with Crippen LogP contribution in [0.25, 0.3) is 0 Å². The first-order valence-electron chi connectivity index (χ1n) is 4.12. The Kier molecular flexibility index (Phi) is 3.11.